The second-order valence-corrected chi connectivity index (χ2v) is 4.90. The maximum atomic E-state index is 13.2. The summed E-state index contributed by atoms with van der Waals surface area (Å²) in [6.07, 6.45) is -1.56. The molecule has 1 aromatic rings. The molecule has 1 saturated heterocycles. The fourth-order valence-corrected chi connectivity index (χ4v) is 2.45. The minimum atomic E-state index is -4.64. The van der Waals surface area contributed by atoms with Gasteiger partial charge in [-0.1, -0.05) is 0 Å². The minimum absolute atomic E-state index is 0.0229. The number of carbonyl (C=O) groups is 1. The van der Waals surface area contributed by atoms with E-state index in [9.17, 15) is 18.0 Å². The Morgan fingerprint density at radius 2 is 2.00 bits per heavy atom. The van der Waals surface area contributed by atoms with E-state index < -0.39 is 23.4 Å². The Kier molecular flexibility index (Phi) is 4.87. The van der Waals surface area contributed by atoms with Gasteiger partial charge in [0.2, 0.25) is 0 Å². The fraction of sp³-hybridized carbons (Fsp3) is 0.692. The zero-order valence-electron chi connectivity index (χ0n) is 11.8. The van der Waals surface area contributed by atoms with E-state index in [0.717, 1.165) is 36.8 Å². The van der Waals surface area contributed by atoms with Crippen LogP contribution in [0.4, 0.5) is 13.2 Å². The van der Waals surface area contributed by atoms with Gasteiger partial charge in [0.05, 0.1) is 19.3 Å². The Bertz CT molecular complexity index is 493. The van der Waals surface area contributed by atoms with E-state index in [0.29, 0.717) is 6.54 Å². The van der Waals surface area contributed by atoms with Gasteiger partial charge in [-0.25, -0.2) is 4.79 Å². The summed E-state index contributed by atoms with van der Waals surface area (Å²) < 4.78 is 45.0. The summed E-state index contributed by atoms with van der Waals surface area (Å²) >= 11 is 0. The summed E-state index contributed by atoms with van der Waals surface area (Å²) in [4.78, 5) is 13.7. The lowest BCUT2D eigenvalue weighted by atomic mass is 10.2. The van der Waals surface area contributed by atoms with Crippen LogP contribution in [0.25, 0.3) is 0 Å². The molecule has 1 aromatic heterocycles. The second kappa shape index (κ2) is 6.46. The average Bonchev–Trinajstić information content (AvgIpc) is 3.05. The third-order valence-corrected chi connectivity index (χ3v) is 3.43. The highest BCUT2D eigenvalue weighted by Crippen LogP contribution is 2.32. The molecule has 0 radical (unpaired) electrons. The van der Waals surface area contributed by atoms with E-state index in [1.807, 2.05) is 0 Å². The SMILES string of the molecule is CCOC(=O)c1cnn(CCN2CCCC2)c1C(F)(F)F. The number of carbonyl (C=O) groups excluding carboxylic acids is 1. The van der Waals surface area contributed by atoms with Gasteiger partial charge in [0, 0.05) is 6.54 Å². The van der Waals surface area contributed by atoms with E-state index >= 15 is 0 Å². The van der Waals surface area contributed by atoms with E-state index in [1.165, 1.54) is 0 Å². The fourth-order valence-electron chi connectivity index (χ4n) is 2.45. The van der Waals surface area contributed by atoms with Crippen molar-refractivity contribution in [1.82, 2.24) is 14.7 Å². The first-order valence-corrected chi connectivity index (χ1v) is 6.96. The summed E-state index contributed by atoms with van der Waals surface area (Å²) in [5.74, 6) is -0.989. The first-order valence-electron chi connectivity index (χ1n) is 6.96. The molecule has 0 bridgehead atoms. The second-order valence-electron chi connectivity index (χ2n) is 4.90. The topological polar surface area (TPSA) is 47.4 Å². The maximum Gasteiger partial charge on any atom is 0.433 e. The molecule has 1 aliphatic rings. The van der Waals surface area contributed by atoms with Crippen molar-refractivity contribution in [3.8, 4) is 0 Å². The average molecular weight is 305 g/mol. The molecule has 21 heavy (non-hydrogen) atoms. The van der Waals surface area contributed by atoms with Crippen LogP contribution in [0.5, 0.6) is 0 Å². The number of alkyl halides is 3. The molecule has 5 nitrogen and oxygen atoms in total. The van der Waals surface area contributed by atoms with E-state index in [2.05, 4.69) is 14.7 Å². The molecule has 1 fully saturated rings. The summed E-state index contributed by atoms with van der Waals surface area (Å²) in [6, 6.07) is 0. The van der Waals surface area contributed by atoms with Crippen molar-refractivity contribution in [2.45, 2.75) is 32.5 Å². The van der Waals surface area contributed by atoms with Crippen molar-refractivity contribution < 1.29 is 22.7 Å². The van der Waals surface area contributed by atoms with Crippen LogP contribution in [0, 0.1) is 0 Å². The Hall–Kier alpha value is -1.57. The zero-order valence-corrected chi connectivity index (χ0v) is 11.8. The van der Waals surface area contributed by atoms with Crippen molar-refractivity contribution >= 4 is 5.97 Å². The van der Waals surface area contributed by atoms with Gasteiger partial charge in [-0.2, -0.15) is 18.3 Å². The number of ether oxygens (including phenoxy) is 1. The van der Waals surface area contributed by atoms with E-state index in [-0.39, 0.29) is 13.2 Å². The number of hydrogen-bond acceptors (Lipinski definition) is 4. The summed E-state index contributed by atoms with van der Waals surface area (Å²) in [5.41, 5.74) is -1.55. The molecule has 2 heterocycles. The third kappa shape index (κ3) is 3.75. The van der Waals surface area contributed by atoms with E-state index in [1.54, 1.807) is 6.92 Å². The molecule has 0 amide bonds. The summed E-state index contributed by atoms with van der Waals surface area (Å²) in [7, 11) is 0. The number of aromatic nitrogens is 2. The Labute approximate surface area is 120 Å². The predicted molar refractivity (Wildman–Crippen MR) is 68.9 cm³/mol. The molecule has 1 aliphatic heterocycles. The van der Waals surface area contributed by atoms with Crippen molar-refractivity contribution in [1.29, 1.82) is 0 Å². The highest BCUT2D eigenvalue weighted by atomic mass is 19.4. The number of halogens is 3. The molecule has 118 valence electrons. The highest BCUT2D eigenvalue weighted by Gasteiger charge is 2.40. The van der Waals surface area contributed by atoms with Gasteiger partial charge in [-0.05, 0) is 32.9 Å². The third-order valence-electron chi connectivity index (χ3n) is 3.43. The van der Waals surface area contributed by atoms with Crippen LogP contribution in [0.15, 0.2) is 6.20 Å². The lowest BCUT2D eigenvalue weighted by Gasteiger charge is -2.17. The lowest BCUT2D eigenvalue weighted by molar-refractivity contribution is -0.144. The van der Waals surface area contributed by atoms with Crippen molar-refractivity contribution in [2.75, 3.05) is 26.2 Å². The van der Waals surface area contributed by atoms with E-state index in [4.69, 9.17) is 0 Å². The van der Waals surface area contributed by atoms with Crippen LogP contribution >= 0.6 is 0 Å². The molecule has 0 atom stereocenters. The Morgan fingerprint density at radius 3 is 2.57 bits per heavy atom. The number of rotatable bonds is 5. The number of esters is 1. The van der Waals surface area contributed by atoms with Crippen LogP contribution in [0.1, 0.15) is 35.8 Å². The predicted octanol–water partition coefficient (Wildman–Crippen LogP) is 2.17. The minimum Gasteiger partial charge on any atom is -0.462 e. The Balaban J connectivity index is 2.18. The van der Waals surface area contributed by atoms with Crippen molar-refractivity contribution in [3.05, 3.63) is 17.5 Å². The molecule has 0 N–H and O–H groups in total. The molecular formula is C13H18F3N3O2. The van der Waals surface area contributed by atoms with Crippen LogP contribution in [-0.4, -0.2) is 46.9 Å². The summed E-state index contributed by atoms with van der Waals surface area (Å²) in [5, 5.41) is 3.72. The lowest BCUT2D eigenvalue weighted by Crippen LogP contribution is -2.27. The molecule has 8 heteroatoms. The summed E-state index contributed by atoms with van der Waals surface area (Å²) in [6.45, 7) is 3.96. The van der Waals surface area contributed by atoms with Crippen molar-refractivity contribution in [3.63, 3.8) is 0 Å². The van der Waals surface area contributed by atoms with Crippen LogP contribution in [0.3, 0.4) is 0 Å². The molecule has 2 rings (SSSR count). The van der Waals surface area contributed by atoms with Crippen LogP contribution in [0.2, 0.25) is 0 Å². The number of nitrogens with zero attached hydrogens (tertiary/aromatic N) is 3. The van der Waals surface area contributed by atoms with Gasteiger partial charge < -0.3 is 9.64 Å². The van der Waals surface area contributed by atoms with Crippen LogP contribution < -0.4 is 0 Å². The molecule has 0 aromatic carbocycles. The number of hydrogen-bond donors (Lipinski definition) is 0. The molecule has 0 spiro atoms. The molecule has 0 saturated carbocycles. The van der Waals surface area contributed by atoms with Crippen molar-refractivity contribution in [2.24, 2.45) is 0 Å². The smallest absolute Gasteiger partial charge is 0.433 e. The molecular weight excluding hydrogens is 287 g/mol. The van der Waals surface area contributed by atoms with Gasteiger partial charge in [0.25, 0.3) is 0 Å². The van der Waals surface area contributed by atoms with Gasteiger partial charge in [-0.3, -0.25) is 4.68 Å². The zero-order chi connectivity index (χ0) is 15.5. The molecule has 0 aliphatic carbocycles. The van der Waals surface area contributed by atoms with Gasteiger partial charge in [-0.15, -0.1) is 0 Å². The van der Waals surface area contributed by atoms with Gasteiger partial charge >= 0.3 is 12.1 Å². The Morgan fingerprint density at radius 1 is 1.33 bits per heavy atom. The quantitative estimate of drug-likeness (QED) is 0.782. The standard InChI is InChI=1S/C13H18F3N3O2/c1-2-21-12(20)10-9-17-19(11(10)13(14,15)16)8-7-18-5-3-4-6-18/h9H,2-8H2,1H3. The van der Waals surface area contributed by atoms with Crippen LogP contribution in [-0.2, 0) is 17.5 Å². The van der Waals surface area contributed by atoms with Gasteiger partial charge in [0.15, 0.2) is 5.69 Å². The first-order chi connectivity index (χ1) is 9.93. The molecule has 0 unspecified atom stereocenters. The largest absolute Gasteiger partial charge is 0.462 e. The number of likely N-dealkylation sites (tertiary alicyclic amines) is 1. The monoisotopic (exact) mass is 305 g/mol. The maximum absolute atomic E-state index is 13.2. The normalized spacial score (nSPS) is 16.4. The highest BCUT2D eigenvalue weighted by molar-refractivity contribution is 5.90. The van der Waals surface area contributed by atoms with Gasteiger partial charge in [0.1, 0.15) is 5.56 Å². The first kappa shape index (κ1) is 15.8.